The summed E-state index contributed by atoms with van der Waals surface area (Å²) in [6, 6.07) is 13.7. The van der Waals surface area contributed by atoms with E-state index in [2.05, 4.69) is 11.6 Å². The number of aliphatic hydroxyl groups is 1. The highest BCUT2D eigenvalue weighted by molar-refractivity contribution is 8.03. The van der Waals surface area contributed by atoms with Gasteiger partial charge < -0.3 is 10.0 Å². The fourth-order valence-electron chi connectivity index (χ4n) is 2.38. The maximum atomic E-state index is 11.1. The fraction of sp³-hybridized carbons (Fsp3) is 0.188. The van der Waals surface area contributed by atoms with Crippen LogP contribution >= 0.6 is 11.8 Å². The zero-order chi connectivity index (χ0) is 14.0. The van der Waals surface area contributed by atoms with Crippen LogP contribution in [-0.2, 0) is 12.3 Å². The van der Waals surface area contributed by atoms with E-state index in [1.54, 1.807) is 18.0 Å². The predicted octanol–water partition coefficient (Wildman–Crippen LogP) is 2.95. The number of rotatable bonds is 3. The third kappa shape index (κ3) is 2.32. The molecular formula is C16H16N2OS. The normalized spacial score (nSPS) is 22.2. The van der Waals surface area contributed by atoms with Crippen LogP contribution in [0.25, 0.3) is 0 Å². The molecule has 20 heavy (non-hydrogen) atoms. The third-order valence-corrected chi connectivity index (χ3v) is 4.59. The standard InChI is InChI=1S/C16H16N2OS/c1-13-18(11-14-6-5-9-17-10-14)16(19,12-20-13)15-7-3-2-4-8-15/h2-10,19H,1,11-12H2. The van der Waals surface area contributed by atoms with Crippen molar-refractivity contribution >= 4 is 11.8 Å². The van der Waals surface area contributed by atoms with Crippen LogP contribution in [-0.4, -0.2) is 20.7 Å². The molecule has 0 aliphatic carbocycles. The molecule has 0 bridgehead atoms. The van der Waals surface area contributed by atoms with Gasteiger partial charge in [0, 0.05) is 24.5 Å². The van der Waals surface area contributed by atoms with Crippen molar-refractivity contribution in [3.63, 3.8) is 0 Å². The first kappa shape index (κ1) is 13.2. The molecule has 1 fully saturated rings. The van der Waals surface area contributed by atoms with Gasteiger partial charge in [-0.05, 0) is 11.6 Å². The molecule has 3 nitrogen and oxygen atoms in total. The molecule has 4 heteroatoms. The molecule has 1 saturated heterocycles. The Hall–Kier alpha value is -1.78. The Kier molecular flexibility index (Phi) is 3.51. The summed E-state index contributed by atoms with van der Waals surface area (Å²) in [5.74, 6) is 0.593. The number of thioether (sulfide) groups is 1. The van der Waals surface area contributed by atoms with Gasteiger partial charge in [-0.1, -0.05) is 43.0 Å². The third-order valence-electron chi connectivity index (χ3n) is 3.49. The van der Waals surface area contributed by atoms with Gasteiger partial charge in [0.1, 0.15) is 0 Å². The second-order valence-electron chi connectivity index (χ2n) is 4.81. The van der Waals surface area contributed by atoms with Crippen LogP contribution < -0.4 is 0 Å². The number of hydrogen-bond acceptors (Lipinski definition) is 4. The van der Waals surface area contributed by atoms with Crippen molar-refractivity contribution in [2.75, 3.05) is 5.75 Å². The topological polar surface area (TPSA) is 36.4 Å². The lowest BCUT2D eigenvalue weighted by atomic mass is 10.0. The van der Waals surface area contributed by atoms with E-state index in [-0.39, 0.29) is 0 Å². The van der Waals surface area contributed by atoms with Crippen molar-refractivity contribution in [2.45, 2.75) is 12.3 Å². The molecule has 1 unspecified atom stereocenters. The molecule has 1 aliphatic rings. The van der Waals surface area contributed by atoms with Crippen molar-refractivity contribution in [2.24, 2.45) is 0 Å². The molecule has 0 radical (unpaired) electrons. The lowest BCUT2D eigenvalue weighted by Crippen LogP contribution is -2.41. The highest BCUT2D eigenvalue weighted by Gasteiger charge is 2.42. The second kappa shape index (κ2) is 5.31. The maximum absolute atomic E-state index is 11.1. The average Bonchev–Trinajstić information content (AvgIpc) is 2.79. The predicted molar refractivity (Wildman–Crippen MR) is 81.7 cm³/mol. The Morgan fingerprint density at radius 3 is 2.75 bits per heavy atom. The van der Waals surface area contributed by atoms with Crippen LogP contribution in [0.2, 0.25) is 0 Å². The van der Waals surface area contributed by atoms with Crippen molar-refractivity contribution in [1.29, 1.82) is 0 Å². The zero-order valence-electron chi connectivity index (χ0n) is 11.1. The molecule has 2 aromatic rings. The van der Waals surface area contributed by atoms with E-state index in [0.29, 0.717) is 12.3 Å². The Balaban J connectivity index is 1.93. The van der Waals surface area contributed by atoms with Crippen molar-refractivity contribution in [3.05, 3.63) is 77.6 Å². The summed E-state index contributed by atoms with van der Waals surface area (Å²) in [4.78, 5) is 6.08. The van der Waals surface area contributed by atoms with Crippen LogP contribution in [0, 0.1) is 0 Å². The van der Waals surface area contributed by atoms with Crippen LogP contribution in [0.1, 0.15) is 11.1 Å². The monoisotopic (exact) mass is 284 g/mol. The van der Waals surface area contributed by atoms with Crippen LogP contribution in [0.4, 0.5) is 0 Å². The molecule has 1 aliphatic heterocycles. The van der Waals surface area contributed by atoms with Gasteiger partial charge in [-0.25, -0.2) is 0 Å². The minimum absolute atomic E-state index is 0.593. The number of nitrogens with zero attached hydrogens (tertiary/aromatic N) is 2. The smallest absolute Gasteiger partial charge is 0.174 e. The number of pyridine rings is 1. The van der Waals surface area contributed by atoms with Gasteiger partial charge in [0.15, 0.2) is 5.72 Å². The molecule has 1 aromatic heterocycles. The number of hydrogen-bond donors (Lipinski definition) is 1. The van der Waals surface area contributed by atoms with Crippen molar-refractivity contribution in [1.82, 2.24) is 9.88 Å². The Morgan fingerprint density at radius 1 is 1.25 bits per heavy atom. The average molecular weight is 284 g/mol. The van der Waals surface area contributed by atoms with E-state index in [4.69, 9.17) is 0 Å². The molecule has 0 amide bonds. The minimum atomic E-state index is -1.00. The Morgan fingerprint density at radius 2 is 2.05 bits per heavy atom. The molecule has 1 atom stereocenters. The molecule has 102 valence electrons. The van der Waals surface area contributed by atoms with Gasteiger partial charge in [0.25, 0.3) is 0 Å². The molecule has 0 saturated carbocycles. The van der Waals surface area contributed by atoms with E-state index in [0.717, 1.165) is 16.2 Å². The second-order valence-corrected chi connectivity index (χ2v) is 5.86. The van der Waals surface area contributed by atoms with Gasteiger partial charge in [-0.2, -0.15) is 0 Å². The first-order chi connectivity index (χ1) is 9.70. The fourth-order valence-corrected chi connectivity index (χ4v) is 3.45. The largest absolute Gasteiger partial charge is 0.366 e. The van der Waals surface area contributed by atoms with Gasteiger partial charge in [-0.15, -0.1) is 11.8 Å². The first-order valence-electron chi connectivity index (χ1n) is 6.46. The quantitative estimate of drug-likeness (QED) is 0.940. The summed E-state index contributed by atoms with van der Waals surface area (Å²) in [5.41, 5.74) is 0.958. The number of benzene rings is 1. The van der Waals surface area contributed by atoms with Gasteiger partial charge in [0.2, 0.25) is 0 Å². The van der Waals surface area contributed by atoms with E-state index < -0.39 is 5.72 Å². The van der Waals surface area contributed by atoms with Gasteiger partial charge in [0.05, 0.1) is 10.8 Å². The highest BCUT2D eigenvalue weighted by Crippen LogP contribution is 2.44. The van der Waals surface area contributed by atoms with E-state index >= 15 is 0 Å². The molecular weight excluding hydrogens is 268 g/mol. The SMILES string of the molecule is C=C1SCC(O)(c2ccccc2)N1Cc1cccnc1. The molecule has 0 spiro atoms. The summed E-state index contributed by atoms with van der Waals surface area (Å²) in [7, 11) is 0. The van der Waals surface area contributed by atoms with Crippen LogP contribution in [0.3, 0.4) is 0 Å². The summed E-state index contributed by atoms with van der Waals surface area (Å²) in [5, 5.41) is 12.0. The van der Waals surface area contributed by atoms with Gasteiger partial charge in [-0.3, -0.25) is 4.98 Å². The molecule has 3 rings (SSSR count). The Labute approximate surface area is 123 Å². The minimum Gasteiger partial charge on any atom is -0.366 e. The highest BCUT2D eigenvalue weighted by atomic mass is 32.2. The van der Waals surface area contributed by atoms with E-state index in [1.807, 2.05) is 53.6 Å². The first-order valence-corrected chi connectivity index (χ1v) is 7.45. The Bertz CT molecular complexity index is 602. The van der Waals surface area contributed by atoms with E-state index in [9.17, 15) is 5.11 Å². The molecule has 2 heterocycles. The lowest BCUT2D eigenvalue weighted by Gasteiger charge is -2.35. The number of aromatic nitrogens is 1. The maximum Gasteiger partial charge on any atom is 0.174 e. The summed E-state index contributed by atoms with van der Waals surface area (Å²) in [6.07, 6.45) is 3.57. The van der Waals surface area contributed by atoms with Crippen LogP contribution in [0.5, 0.6) is 0 Å². The van der Waals surface area contributed by atoms with Crippen molar-refractivity contribution < 1.29 is 5.11 Å². The summed E-state index contributed by atoms with van der Waals surface area (Å²) in [6.45, 7) is 4.66. The van der Waals surface area contributed by atoms with Crippen LogP contribution in [0.15, 0.2) is 66.5 Å². The summed E-state index contributed by atoms with van der Waals surface area (Å²) >= 11 is 1.59. The molecule has 1 N–H and O–H groups in total. The lowest BCUT2D eigenvalue weighted by molar-refractivity contribution is -0.0682. The van der Waals surface area contributed by atoms with Gasteiger partial charge >= 0.3 is 0 Å². The summed E-state index contributed by atoms with van der Waals surface area (Å²) < 4.78 is 0. The van der Waals surface area contributed by atoms with E-state index in [1.165, 1.54) is 0 Å². The zero-order valence-corrected chi connectivity index (χ0v) is 11.9. The van der Waals surface area contributed by atoms with Crippen molar-refractivity contribution in [3.8, 4) is 0 Å². The molecule has 1 aromatic carbocycles.